The predicted molar refractivity (Wildman–Crippen MR) is 42.7 cm³/mol. The highest BCUT2D eigenvalue weighted by Gasteiger charge is 2.11. The summed E-state index contributed by atoms with van der Waals surface area (Å²) in [4.78, 5) is 10.8. The van der Waals surface area contributed by atoms with Crippen LogP contribution in [0.25, 0.3) is 0 Å². The molecule has 4 heteroatoms. The molecule has 0 radical (unpaired) electrons. The quantitative estimate of drug-likeness (QED) is 0.482. The second kappa shape index (κ2) is 5.38. The maximum Gasteiger partial charge on any atom is 0.323 e. The van der Waals surface area contributed by atoms with Crippen LogP contribution in [0.5, 0.6) is 0 Å². The number of hydrogen-bond acceptors (Lipinski definition) is 3. The van der Waals surface area contributed by atoms with Crippen molar-refractivity contribution in [3.05, 3.63) is 0 Å². The lowest BCUT2D eigenvalue weighted by molar-refractivity contribution is -0.146. The van der Waals surface area contributed by atoms with Gasteiger partial charge in [0.05, 0.1) is 6.10 Å². The first-order valence-corrected chi connectivity index (χ1v) is 3.85. The maximum absolute atomic E-state index is 10.8. The molecule has 0 unspecified atom stereocenters. The van der Waals surface area contributed by atoms with Gasteiger partial charge in [0, 0.05) is 7.11 Å². The molecule has 0 heterocycles. The molecule has 0 aromatic carbocycles. The van der Waals surface area contributed by atoms with Crippen molar-refractivity contribution in [2.75, 3.05) is 13.7 Å². The van der Waals surface area contributed by atoms with Crippen LogP contribution in [0.3, 0.4) is 0 Å². The van der Waals surface area contributed by atoms with Crippen LogP contribution in [-0.2, 0) is 14.3 Å². The number of rotatable bonds is 4. The minimum atomic E-state index is -0.584. The number of carbonyl (C=O) groups excluding carboxylic acids is 1. The van der Waals surface area contributed by atoms with Gasteiger partial charge in [0.2, 0.25) is 0 Å². The maximum atomic E-state index is 10.8. The minimum Gasteiger partial charge on any atom is -0.462 e. The summed E-state index contributed by atoms with van der Waals surface area (Å²) in [5.41, 5.74) is 0. The van der Waals surface area contributed by atoms with Crippen molar-refractivity contribution >= 4 is 17.6 Å². The summed E-state index contributed by atoms with van der Waals surface area (Å²) >= 11 is 5.44. The van der Waals surface area contributed by atoms with Crippen LogP contribution in [0.15, 0.2) is 0 Å². The molecule has 0 fully saturated rings. The number of esters is 1. The van der Waals surface area contributed by atoms with Gasteiger partial charge in [-0.25, -0.2) is 0 Å². The fourth-order valence-electron chi connectivity index (χ4n) is 0.382. The number of carbonyl (C=O) groups is 1. The predicted octanol–water partition coefficient (Wildman–Crippen LogP) is 1.19. The van der Waals surface area contributed by atoms with Gasteiger partial charge < -0.3 is 9.47 Å². The molecule has 0 rings (SSSR count). The summed E-state index contributed by atoms with van der Waals surface area (Å²) in [6, 6.07) is 0. The Morgan fingerprint density at radius 1 is 1.55 bits per heavy atom. The number of halogens is 1. The molecule has 66 valence electrons. The Kier molecular flexibility index (Phi) is 5.24. The Labute approximate surface area is 71.6 Å². The fraction of sp³-hybridized carbons (Fsp3) is 0.857. The Hall–Kier alpha value is -0.280. The fourth-order valence-corrected chi connectivity index (χ4v) is 0.445. The van der Waals surface area contributed by atoms with Crippen molar-refractivity contribution in [3.8, 4) is 0 Å². The first-order valence-electron chi connectivity index (χ1n) is 3.41. The summed E-state index contributed by atoms with van der Waals surface area (Å²) in [7, 11) is 1.56. The van der Waals surface area contributed by atoms with Crippen molar-refractivity contribution in [3.63, 3.8) is 0 Å². The first kappa shape index (κ1) is 10.7. The molecule has 11 heavy (non-hydrogen) atoms. The first-order chi connectivity index (χ1) is 5.07. The third kappa shape index (κ3) is 5.04. The average Bonchev–Trinajstić information content (AvgIpc) is 1.99. The van der Waals surface area contributed by atoms with E-state index in [-0.39, 0.29) is 12.7 Å². The van der Waals surface area contributed by atoms with E-state index in [0.717, 1.165) is 0 Å². The Morgan fingerprint density at radius 2 is 2.09 bits per heavy atom. The molecule has 0 aliphatic carbocycles. The van der Waals surface area contributed by atoms with Crippen molar-refractivity contribution < 1.29 is 14.3 Å². The van der Waals surface area contributed by atoms with Crippen LogP contribution < -0.4 is 0 Å². The third-order valence-electron chi connectivity index (χ3n) is 1.19. The normalized spacial score (nSPS) is 15.6. The summed E-state index contributed by atoms with van der Waals surface area (Å²) in [6.07, 6.45) is -0.0747. The third-order valence-corrected chi connectivity index (χ3v) is 1.37. The molecule has 0 saturated heterocycles. The molecule has 0 aliphatic rings. The van der Waals surface area contributed by atoms with E-state index < -0.39 is 11.3 Å². The highest BCUT2D eigenvalue weighted by Crippen LogP contribution is 1.98. The summed E-state index contributed by atoms with van der Waals surface area (Å²) < 4.78 is 9.62. The standard InChI is InChI=1S/C7H13ClO3/c1-5(10-3)4-11-7(9)6(2)8/h5-6H,4H2,1-3H3/t5-,6+/m1/s1. The van der Waals surface area contributed by atoms with Crippen LogP contribution in [0.1, 0.15) is 13.8 Å². The molecular weight excluding hydrogens is 168 g/mol. The van der Waals surface area contributed by atoms with Crippen LogP contribution in [0, 0.1) is 0 Å². The van der Waals surface area contributed by atoms with Crippen LogP contribution >= 0.6 is 11.6 Å². The lowest BCUT2D eigenvalue weighted by atomic mass is 10.4. The van der Waals surface area contributed by atoms with Gasteiger partial charge >= 0.3 is 5.97 Å². The zero-order chi connectivity index (χ0) is 8.85. The number of alkyl halides is 1. The molecule has 0 aromatic rings. The molecule has 0 spiro atoms. The highest BCUT2D eigenvalue weighted by atomic mass is 35.5. The molecule has 0 N–H and O–H groups in total. The van der Waals surface area contributed by atoms with Crippen LogP contribution in [-0.4, -0.2) is 31.2 Å². The van der Waals surface area contributed by atoms with Gasteiger partial charge in [-0.3, -0.25) is 4.79 Å². The van der Waals surface area contributed by atoms with E-state index in [4.69, 9.17) is 21.1 Å². The topological polar surface area (TPSA) is 35.5 Å². The lowest BCUT2D eigenvalue weighted by Gasteiger charge is -2.10. The van der Waals surface area contributed by atoms with E-state index in [2.05, 4.69) is 0 Å². The molecule has 0 amide bonds. The lowest BCUT2D eigenvalue weighted by Crippen LogP contribution is -2.21. The van der Waals surface area contributed by atoms with Gasteiger partial charge in [0.25, 0.3) is 0 Å². The highest BCUT2D eigenvalue weighted by molar-refractivity contribution is 6.29. The van der Waals surface area contributed by atoms with Gasteiger partial charge in [-0.15, -0.1) is 11.6 Å². The van der Waals surface area contributed by atoms with Crippen molar-refractivity contribution in [2.45, 2.75) is 25.3 Å². The summed E-state index contributed by atoms with van der Waals surface area (Å²) in [5, 5.41) is -0.584. The summed E-state index contributed by atoms with van der Waals surface area (Å²) in [6.45, 7) is 3.64. The number of ether oxygens (including phenoxy) is 2. The van der Waals surface area contributed by atoms with E-state index in [9.17, 15) is 4.79 Å². The smallest absolute Gasteiger partial charge is 0.323 e. The van der Waals surface area contributed by atoms with E-state index in [1.807, 2.05) is 6.92 Å². The molecule has 2 atom stereocenters. The number of hydrogen-bond donors (Lipinski definition) is 0. The van der Waals surface area contributed by atoms with Crippen molar-refractivity contribution in [2.24, 2.45) is 0 Å². The molecule has 0 bridgehead atoms. The second-order valence-corrected chi connectivity index (χ2v) is 2.95. The van der Waals surface area contributed by atoms with Gasteiger partial charge in [0.1, 0.15) is 12.0 Å². The van der Waals surface area contributed by atoms with Gasteiger partial charge in [0.15, 0.2) is 0 Å². The van der Waals surface area contributed by atoms with Crippen molar-refractivity contribution in [1.82, 2.24) is 0 Å². The van der Waals surface area contributed by atoms with E-state index in [1.54, 1.807) is 14.0 Å². The monoisotopic (exact) mass is 180 g/mol. The Bertz CT molecular complexity index is 125. The Morgan fingerprint density at radius 3 is 2.45 bits per heavy atom. The second-order valence-electron chi connectivity index (χ2n) is 2.29. The Balaban J connectivity index is 3.46. The average molecular weight is 181 g/mol. The minimum absolute atomic E-state index is 0.0747. The molecule has 0 aliphatic heterocycles. The molecule has 0 saturated carbocycles. The zero-order valence-corrected chi connectivity index (χ0v) is 7.72. The van der Waals surface area contributed by atoms with Crippen LogP contribution in [0.4, 0.5) is 0 Å². The van der Waals surface area contributed by atoms with Gasteiger partial charge in [-0.2, -0.15) is 0 Å². The van der Waals surface area contributed by atoms with Gasteiger partial charge in [-0.05, 0) is 13.8 Å². The molecular formula is C7H13ClO3. The SMILES string of the molecule is CO[C@H](C)COC(=O)[C@H](C)Cl. The van der Waals surface area contributed by atoms with Gasteiger partial charge in [-0.1, -0.05) is 0 Å². The van der Waals surface area contributed by atoms with E-state index >= 15 is 0 Å². The zero-order valence-electron chi connectivity index (χ0n) is 6.96. The largest absolute Gasteiger partial charge is 0.462 e. The summed E-state index contributed by atoms with van der Waals surface area (Å²) in [5.74, 6) is -0.407. The van der Waals surface area contributed by atoms with Crippen LogP contribution in [0.2, 0.25) is 0 Å². The molecule has 0 aromatic heterocycles. The molecule has 3 nitrogen and oxygen atoms in total. The van der Waals surface area contributed by atoms with Crippen molar-refractivity contribution in [1.29, 1.82) is 0 Å². The number of methoxy groups -OCH3 is 1. The van der Waals surface area contributed by atoms with E-state index in [1.165, 1.54) is 0 Å². The van der Waals surface area contributed by atoms with E-state index in [0.29, 0.717) is 0 Å².